The fraction of sp³-hybridized carbons (Fsp3) is 0.158. The third kappa shape index (κ3) is 4.61. The third-order valence-electron chi connectivity index (χ3n) is 3.81. The summed E-state index contributed by atoms with van der Waals surface area (Å²) < 4.78 is 11.5. The molecule has 5 nitrogen and oxygen atoms in total. The minimum atomic E-state index is -0.458. The number of carbonyl (C=O) groups excluding carboxylic acids is 1. The average molecular weight is 468 g/mol. The molecule has 1 aromatic carbocycles. The number of nitrogen functional groups attached to an aromatic ring is 1. The van der Waals surface area contributed by atoms with Crippen LogP contribution in [0.5, 0.6) is 5.75 Å². The predicted molar refractivity (Wildman–Crippen MR) is 112 cm³/mol. The fourth-order valence-electron chi connectivity index (χ4n) is 2.47. The summed E-state index contributed by atoms with van der Waals surface area (Å²) in [6.07, 6.45) is 2.24. The Morgan fingerprint density at radius 3 is 2.85 bits per heavy atom. The highest BCUT2D eigenvalue weighted by molar-refractivity contribution is 9.10. The van der Waals surface area contributed by atoms with Crippen LogP contribution in [-0.4, -0.2) is 24.7 Å². The molecule has 0 radical (unpaired) electrons. The van der Waals surface area contributed by atoms with Crippen molar-refractivity contribution in [3.05, 3.63) is 62.5 Å². The van der Waals surface area contributed by atoms with Gasteiger partial charge in [0.05, 0.1) is 13.7 Å². The summed E-state index contributed by atoms with van der Waals surface area (Å²) in [7, 11) is 1.34. The van der Waals surface area contributed by atoms with Crippen LogP contribution in [0.2, 0.25) is 5.02 Å². The molecule has 0 saturated heterocycles. The summed E-state index contributed by atoms with van der Waals surface area (Å²) in [6.45, 7) is 0.371. The molecule has 0 aliphatic heterocycles. The molecular formula is C19H16BrClN2O3S. The lowest BCUT2D eigenvalue weighted by molar-refractivity contribution is 0.0602. The molecule has 3 aromatic rings. The van der Waals surface area contributed by atoms with E-state index in [2.05, 4.69) is 20.9 Å². The molecule has 2 aromatic heterocycles. The van der Waals surface area contributed by atoms with E-state index in [0.29, 0.717) is 34.5 Å². The van der Waals surface area contributed by atoms with Crippen molar-refractivity contribution in [1.29, 1.82) is 0 Å². The number of hydrogen-bond acceptors (Lipinski definition) is 6. The van der Waals surface area contributed by atoms with Crippen molar-refractivity contribution in [2.45, 2.75) is 6.42 Å². The van der Waals surface area contributed by atoms with Crippen LogP contribution >= 0.6 is 38.9 Å². The van der Waals surface area contributed by atoms with E-state index in [0.717, 1.165) is 20.5 Å². The van der Waals surface area contributed by atoms with Crippen LogP contribution in [0.15, 0.2) is 47.1 Å². The largest absolute Gasteiger partial charge is 0.491 e. The topological polar surface area (TPSA) is 74.4 Å². The quantitative estimate of drug-likeness (QED) is 0.503. The van der Waals surface area contributed by atoms with Crippen LogP contribution in [0.1, 0.15) is 15.2 Å². The molecule has 3 rings (SSSR count). The second-order valence-corrected chi connectivity index (χ2v) is 7.95. The Hall–Kier alpha value is -2.09. The number of hydrogen-bond donors (Lipinski definition) is 1. The Bertz CT molecular complexity index is 977. The first-order chi connectivity index (χ1) is 13.0. The van der Waals surface area contributed by atoms with Gasteiger partial charge in [0.2, 0.25) is 0 Å². The van der Waals surface area contributed by atoms with Gasteiger partial charge in [-0.25, -0.2) is 9.78 Å². The second-order valence-electron chi connectivity index (χ2n) is 5.57. The van der Waals surface area contributed by atoms with Gasteiger partial charge in [-0.15, -0.1) is 11.3 Å². The first kappa shape index (κ1) is 19.7. The summed E-state index contributed by atoms with van der Waals surface area (Å²) in [5, 5.41) is 0.688. The first-order valence-corrected chi connectivity index (χ1v) is 9.98. The zero-order valence-electron chi connectivity index (χ0n) is 14.4. The van der Waals surface area contributed by atoms with Crippen molar-refractivity contribution < 1.29 is 14.3 Å². The van der Waals surface area contributed by atoms with E-state index in [1.807, 2.05) is 30.3 Å². The minimum Gasteiger partial charge on any atom is -0.491 e. The molecule has 0 bridgehead atoms. The Kier molecular flexibility index (Phi) is 6.36. The van der Waals surface area contributed by atoms with Gasteiger partial charge in [0.15, 0.2) is 4.88 Å². The molecule has 0 unspecified atom stereocenters. The van der Waals surface area contributed by atoms with Crippen LogP contribution in [-0.2, 0) is 11.2 Å². The Labute approximate surface area is 174 Å². The predicted octanol–water partition coefficient (Wildman–Crippen LogP) is 5.22. The highest BCUT2D eigenvalue weighted by Gasteiger charge is 2.20. The number of thiophene rings is 1. The maximum atomic E-state index is 12.1. The lowest BCUT2D eigenvalue weighted by Gasteiger charge is -2.07. The molecule has 140 valence electrons. The minimum absolute atomic E-state index is 0.371. The molecule has 2 heterocycles. The molecule has 0 spiro atoms. The third-order valence-corrected chi connectivity index (χ3v) is 5.74. The number of carbonyl (C=O) groups is 1. The van der Waals surface area contributed by atoms with Crippen LogP contribution in [0.3, 0.4) is 0 Å². The van der Waals surface area contributed by atoms with E-state index < -0.39 is 5.97 Å². The van der Waals surface area contributed by atoms with Gasteiger partial charge in [-0.3, -0.25) is 0 Å². The van der Waals surface area contributed by atoms with Crippen LogP contribution < -0.4 is 10.5 Å². The van der Waals surface area contributed by atoms with Crippen molar-refractivity contribution in [1.82, 2.24) is 4.98 Å². The van der Waals surface area contributed by atoms with Crippen LogP contribution in [0.4, 0.5) is 5.82 Å². The van der Waals surface area contributed by atoms with Crippen molar-refractivity contribution >= 4 is 50.7 Å². The standard InChI is InChI=1S/C19H16BrClN2O3S/c1-25-19(24)17-15(26-7-6-11-4-2-3-5-14(11)21)9-16(27-17)13-8-12(20)10-23-18(13)22/h2-5,8-10H,6-7H2,1H3,(H2,22,23). The summed E-state index contributed by atoms with van der Waals surface area (Å²) in [4.78, 5) is 17.4. The number of halogens is 2. The maximum absolute atomic E-state index is 12.1. The summed E-state index contributed by atoms with van der Waals surface area (Å²) >= 11 is 10.8. The monoisotopic (exact) mass is 466 g/mol. The number of benzene rings is 1. The smallest absolute Gasteiger partial charge is 0.351 e. The number of rotatable bonds is 6. The van der Waals surface area contributed by atoms with Gasteiger partial charge in [-0.2, -0.15) is 0 Å². The van der Waals surface area contributed by atoms with Gasteiger partial charge in [0, 0.05) is 32.6 Å². The highest BCUT2D eigenvalue weighted by atomic mass is 79.9. The van der Waals surface area contributed by atoms with Crippen LogP contribution in [0.25, 0.3) is 10.4 Å². The molecule has 0 atom stereocenters. The Balaban J connectivity index is 1.85. The molecule has 27 heavy (non-hydrogen) atoms. The molecule has 8 heteroatoms. The Morgan fingerprint density at radius 2 is 2.11 bits per heavy atom. The van der Waals surface area contributed by atoms with Gasteiger partial charge in [0.1, 0.15) is 11.6 Å². The zero-order chi connectivity index (χ0) is 19.4. The molecule has 0 aliphatic carbocycles. The average Bonchev–Trinajstić information content (AvgIpc) is 3.08. The van der Waals surface area contributed by atoms with E-state index in [9.17, 15) is 4.79 Å². The van der Waals surface area contributed by atoms with E-state index in [4.69, 9.17) is 26.8 Å². The van der Waals surface area contributed by atoms with E-state index in [1.165, 1.54) is 18.4 Å². The van der Waals surface area contributed by atoms with Gasteiger partial charge < -0.3 is 15.2 Å². The van der Waals surface area contributed by atoms with E-state index >= 15 is 0 Å². The highest BCUT2D eigenvalue weighted by Crippen LogP contribution is 2.39. The summed E-state index contributed by atoms with van der Waals surface area (Å²) in [6, 6.07) is 11.2. The summed E-state index contributed by atoms with van der Waals surface area (Å²) in [5.41, 5.74) is 7.69. The molecule has 0 fully saturated rings. The van der Waals surface area contributed by atoms with Crippen molar-refractivity contribution in [2.75, 3.05) is 19.5 Å². The number of aromatic nitrogens is 1. The molecule has 2 N–H and O–H groups in total. The molecule has 0 aliphatic rings. The number of nitrogens with zero attached hydrogens (tertiary/aromatic N) is 1. The lowest BCUT2D eigenvalue weighted by atomic mass is 10.2. The Morgan fingerprint density at radius 1 is 1.33 bits per heavy atom. The van der Waals surface area contributed by atoms with Gasteiger partial charge >= 0.3 is 5.97 Å². The van der Waals surface area contributed by atoms with Crippen molar-refractivity contribution in [2.24, 2.45) is 0 Å². The molecular weight excluding hydrogens is 452 g/mol. The van der Waals surface area contributed by atoms with Gasteiger partial charge in [-0.1, -0.05) is 29.8 Å². The zero-order valence-corrected chi connectivity index (χ0v) is 17.5. The second kappa shape index (κ2) is 8.73. The first-order valence-electron chi connectivity index (χ1n) is 7.99. The molecule has 0 saturated carbocycles. The summed E-state index contributed by atoms with van der Waals surface area (Å²) in [5.74, 6) is 0.368. The van der Waals surface area contributed by atoms with Gasteiger partial charge in [0.25, 0.3) is 0 Å². The number of pyridine rings is 1. The van der Waals surface area contributed by atoms with Crippen molar-refractivity contribution in [3.63, 3.8) is 0 Å². The lowest BCUT2D eigenvalue weighted by Crippen LogP contribution is -2.05. The van der Waals surface area contributed by atoms with Gasteiger partial charge in [-0.05, 0) is 39.7 Å². The van der Waals surface area contributed by atoms with E-state index in [-0.39, 0.29) is 0 Å². The molecule has 0 amide bonds. The fourth-order valence-corrected chi connectivity index (χ4v) is 4.07. The number of ether oxygens (including phenoxy) is 2. The number of esters is 1. The SMILES string of the molecule is COC(=O)c1sc(-c2cc(Br)cnc2N)cc1OCCc1ccccc1Cl. The number of anilines is 1. The number of methoxy groups -OCH3 is 1. The normalized spacial score (nSPS) is 10.6. The maximum Gasteiger partial charge on any atom is 0.351 e. The van der Waals surface area contributed by atoms with Crippen LogP contribution in [0, 0.1) is 0 Å². The number of nitrogens with two attached hydrogens (primary N) is 1. The van der Waals surface area contributed by atoms with E-state index in [1.54, 1.807) is 12.3 Å². The van der Waals surface area contributed by atoms with Crippen molar-refractivity contribution in [3.8, 4) is 16.2 Å².